The summed E-state index contributed by atoms with van der Waals surface area (Å²) in [6.07, 6.45) is 4.35. The number of aliphatic hydroxyl groups excluding tert-OH is 1. The monoisotopic (exact) mass is 301 g/mol. The molecule has 2 aromatic rings. The Hall–Kier alpha value is -1.72. The molecule has 0 bridgehead atoms. The number of nitrogens with zero attached hydrogens (tertiary/aromatic N) is 3. The minimum Gasteiger partial charge on any atom is -0.419 e. The van der Waals surface area contributed by atoms with E-state index in [0.717, 1.165) is 30.5 Å². The number of aromatic nitrogens is 2. The third-order valence-corrected chi connectivity index (χ3v) is 4.10. The predicted molar refractivity (Wildman–Crippen MR) is 84.2 cm³/mol. The summed E-state index contributed by atoms with van der Waals surface area (Å²) >= 11 is 0. The summed E-state index contributed by atoms with van der Waals surface area (Å²) in [5, 5.41) is 17.3. The van der Waals surface area contributed by atoms with Gasteiger partial charge in [0.25, 0.3) is 0 Å². The van der Waals surface area contributed by atoms with Crippen LogP contribution in [-0.2, 0) is 6.54 Å². The van der Waals surface area contributed by atoms with Gasteiger partial charge in [-0.3, -0.25) is 4.90 Å². The normalized spacial score (nSPS) is 14.7. The van der Waals surface area contributed by atoms with Crippen molar-refractivity contribution in [2.75, 3.05) is 13.2 Å². The van der Waals surface area contributed by atoms with Gasteiger partial charge in [-0.1, -0.05) is 18.2 Å². The van der Waals surface area contributed by atoms with Crippen LogP contribution in [0.3, 0.4) is 0 Å². The van der Waals surface area contributed by atoms with Crippen molar-refractivity contribution in [3.05, 3.63) is 35.7 Å². The van der Waals surface area contributed by atoms with Crippen LogP contribution in [0.5, 0.6) is 0 Å². The molecule has 0 saturated heterocycles. The Morgan fingerprint density at radius 3 is 2.77 bits per heavy atom. The molecule has 0 radical (unpaired) electrons. The Bertz CT molecular complexity index is 607. The van der Waals surface area contributed by atoms with Gasteiger partial charge in [0.15, 0.2) is 0 Å². The molecule has 0 amide bonds. The summed E-state index contributed by atoms with van der Waals surface area (Å²) in [4.78, 5) is 2.39. The van der Waals surface area contributed by atoms with E-state index in [1.54, 1.807) is 0 Å². The Balaban J connectivity index is 1.66. The van der Waals surface area contributed by atoms with Gasteiger partial charge in [0.1, 0.15) is 0 Å². The first kappa shape index (κ1) is 15.2. The fourth-order valence-electron chi connectivity index (χ4n) is 2.67. The molecule has 1 aliphatic carbocycles. The summed E-state index contributed by atoms with van der Waals surface area (Å²) in [6, 6.07) is 8.69. The molecule has 5 heteroatoms. The second-order valence-electron chi connectivity index (χ2n) is 5.95. The van der Waals surface area contributed by atoms with Crippen LogP contribution in [-0.4, -0.2) is 39.4 Å². The van der Waals surface area contributed by atoms with Crippen LogP contribution in [0.15, 0.2) is 28.7 Å². The molecular weight excluding hydrogens is 278 g/mol. The van der Waals surface area contributed by atoms with Crippen molar-refractivity contribution < 1.29 is 9.52 Å². The van der Waals surface area contributed by atoms with Crippen LogP contribution in [0.2, 0.25) is 0 Å². The smallest absolute Gasteiger partial charge is 0.248 e. The molecule has 0 unspecified atom stereocenters. The molecule has 22 heavy (non-hydrogen) atoms. The van der Waals surface area contributed by atoms with Gasteiger partial charge in [-0.25, -0.2) is 0 Å². The quantitative estimate of drug-likeness (QED) is 0.760. The molecule has 1 aliphatic rings. The molecule has 0 atom stereocenters. The lowest BCUT2D eigenvalue weighted by molar-refractivity contribution is 0.212. The van der Waals surface area contributed by atoms with Crippen molar-refractivity contribution in [2.45, 2.75) is 45.2 Å². The van der Waals surface area contributed by atoms with Crippen molar-refractivity contribution in [3.8, 4) is 11.5 Å². The first-order chi connectivity index (χ1) is 10.8. The lowest BCUT2D eigenvalue weighted by Crippen LogP contribution is -2.27. The molecule has 3 rings (SSSR count). The Morgan fingerprint density at radius 1 is 1.23 bits per heavy atom. The van der Waals surface area contributed by atoms with Gasteiger partial charge in [0.05, 0.1) is 6.54 Å². The zero-order valence-corrected chi connectivity index (χ0v) is 13.0. The fraction of sp³-hybridized carbons (Fsp3) is 0.529. The number of aliphatic hydroxyl groups is 1. The lowest BCUT2D eigenvalue weighted by Gasteiger charge is -2.19. The van der Waals surface area contributed by atoms with Crippen molar-refractivity contribution in [3.63, 3.8) is 0 Å². The third-order valence-electron chi connectivity index (χ3n) is 4.10. The number of rotatable bonds is 8. The molecule has 1 N–H and O–H groups in total. The number of hydrogen-bond acceptors (Lipinski definition) is 5. The van der Waals surface area contributed by atoms with E-state index in [2.05, 4.69) is 15.1 Å². The highest BCUT2D eigenvalue weighted by atomic mass is 16.4. The predicted octanol–water partition coefficient (Wildman–Crippen LogP) is 2.78. The van der Waals surface area contributed by atoms with Gasteiger partial charge in [-0.05, 0) is 50.8 Å². The number of unbranched alkanes of at least 4 members (excludes halogenated alkanes) is 1. The maximum absolute atomic E-state index is 8.92. The van der Waals surface area contributed by atoms with Gasteiger partial charge in [-0.15, -0.1) is 10.2 Å². The van der Waals surface area contributed by atoms with E-state index in [9.17, 15) is 0 Å². The minimum atomic E-state index is 0.260. The van der Waals surface area contributed by atoms with Crippen molar-refractivity contribution in [2.24, 2.45) is 0 Å². The molecule has 0 aliphatic heterocycles. The largest absolute Gasteiger partial charge is 0.419 e. The highest BCUT2D eigenvalue weighted by Gasteiger charge is 2.29. The topological polar surface area (TPSA) is 62.4 Å². The van der Waals surface area contributed by atoms with E-state index in [4.69, 9.17) is 9.52 Å². The Morgan fingerprint density at radius 2 is 2.05 bits per heavy atom. The van der Waals surface area contributed by atoms with Crippen molar-refractivity contribution in [1.82, 2.24) is 15.1 Å². The second kappa shape index (κ2) is 7.03. The summed E-state index contributed by atoms with van der Waals surface area (Å²) < 4.78 is 5.85. The van der Waals surface area contributed by atoms with Gasteiger partial charge < -0.3 is 9.52 Å². The summed E-state index contributed by atoms with van der Waals surface area (Å²) in [5.74, 6) is 1.27. The average molecular weight is 301 g/mol. The van der Waals surface area contributed by atoms with E-state index in [1.807, 2.05) is 31.2 Å². The van der Waals surface area contributed by atoms with E-state index in [-0.39, 0.29) is 6.61 Å². The van der Waals surface area contributed by atoms with E-state index >= 15 is 0 Å². The van der Waals surface area contributed by atoms with Crippen molar-refractivity contribution >= 4 is 0 Å². The maximum Gasteiger partial charge on any atom is 0.248 e. The van der Waals surface area contributed by atoms with Gasteiger partial charge >= 0.3 is 0 Å². The van der Waals surface area contributed by atoms with E-state index in [1.165, 1.54) is 12.8 Å². The molecule has 118 valence electrons. The summed E-state index contributed by atoms with van der Waals surface area (Å²) in [7, 11) is 0. The second-order valence-corrected chi connectivity index (χ2v) is 5.95. The minimum absolute atomic E-state index is 0.260. The first-order valence-corrected chi connectivity index (χ1v) is 8.01. The van der Waals surface area contributed by atoms with Crippen LogP contribution in [0.25, 0.3) is 11.5 Å². The summed E-state index contributed by atoms with van der Waals surface area (Å²) in [6.45, 7) is 3.99. The molecule has 0 spiro atoms. The lowest BCUT2D eigenvalue weighted by atomic mass is 10.1. The highest BCUT2D eigenvalue weighted by molar-refractivity contribution is 5.57. The van der Waals surface area contributed by atoms with Crippen LogP contribution in [0, 0.1) is 6.92 Å². The van der Waals surface area contributed by atoms with Crippen LogP contribution in [0.4, 0.5) is 0 Å². The van der Waals surface area contributed by atoms with Gasteiger partial charge in [0.2, 0.25) is 11.8 Å². The number of aryl methyl sites for hydroxylation is 1. The SMILES string of the molecule is Cc1ccccc1-c1nnc(CN(CCCCO)C2CC2)o1. The Labute approximate surface area is 131 Å². The van der Waals surface area contributed by atoms with Crippen LogP contribution in [0.1, 0.15) is 37.1 Å². The number of benzene rings is 1. The third kappa shape index (κ3) is 3.72. The van der Waals surface area contributed by atoms with Gasteiger partial charge in [0, 0.05) is 18.2 Å². The highest BCUT2D eigenvalue weighted by Crippen LogP contribution is 2.29. The molecule has 1 fully saturated rings. The standard InChI is InChI=1S/C17H23N3O2/c1-13-6-2-3-7-15(13)17-19-18-16(22-17)12-20(14-8-9-14)10-4-5-11-21/h2-3,6-7,14,21H,4-5,8-12H2,1H3. The van der Waals surface area contributed by atoms with Crippen LogP contribution < -0.4 is 0 Å². The summed E-state index contributed by atoms with van der Waals surface area (Å²) in [5.41, 5.74) is 2.14. The molecule has 5 nitrogen and oxygen atoms in total. The van der Waals surface area contributed by atoms with Crippen molar-refractivity contribution in [1.29, 1.82) is 0 Å². The zero-order chi connectivity index (χ0) is 15.4. The molecule has 1 saturated carbocycles. The molecule has 1 aromatic heterocycles. The zero-order valence-electron chi connectivity index (χ0n) is 13.0. The molecule has 1 heterocycles. The average Bonchev–Trinajstić information content (AvgIpc) is 3.27. The molecule has 1 aromatic carbocycles. The molecular formula is C17H23N3O2. The first-order valence-electron chi connectivity index (χ1n) is 8.01. The van der Waals surface area contributed by atoms with Gasteiger partial charge in [-0.2, -0.15) is 0 Å². The number of hydrogen-bond donors (Lipinski definition) is 1. The maximum atomic E-state index is 8.92. The Kier molecular flexibility index (Phi) is 4.85. The van der Waals surface area contributed by atoms with E-state index in [0.29, 0.717) is 24.4 Å². The van der Waals surface area contributed by atoms with E-state index < -0.39 is 0 Å². The van der Waals surface area contributed by atoms with Crippen LogP contribution >= 0.6 is 0 Å². The fourth-order valence-corrected chi connectivity index (χ4v) is 2.67.